The molecule has 0 aliphatic heterocycles. The van der Waals surface area contributed by atoms with Crippen molar-refractivity contribution < 1.29 is 14.5 Å². The fraction of sp³-hybridized carbons (Fsp3) is 0.235. The largest absolute Gasteiger partial charge is 0.492 e. The van der Waals surface area contributed by atoms with Gasteiger partial charge < -0.3 is 15.8 Å². The van der Waals surface area contributed by atoms with Crippen molar-refractivity contribution in [3.63, 3.8) is 0 Å². The predicted molar refractivity (Wildman–Crippen MR) is 97.2 cm³/mol. The number of benzene rings is 2. The van der Waals surface area contributed by atoms with Gasteiger partial charge in [0.05, 0.1) is 16.6 Å². The standard InChI is InChI=1S/C17H18ClN3O4/c1-10(2)9-25-16-6-4-12(8-13(16)18)20-17(22)11-3-5-14(19)15(7-11)21(23)24/h3-8,10H,9,19H2,1-2H3,(H,20,22). The maximum atomic E-state index is 12.3. The summed E-state index contributed by atoms with van der Waals surface area (Å²) in [6.45, 7) is 4.57. The molecule has 0 fully saturated rings. The van der Waals surface area contributed by atoms with Crippen LogP contribution < -0.4 is 15.8 Å². The molecule has 3 N–H and O–H groups in total. The summed E-state index contributed by atoms with van der Waals surface area (Å²) in [5.41, 5.74) is 5.78. The lowest BCUT2D eigenvalue weighted by Crippen LogP contribution is -2.12. The summed E-state index contributed by atoms with van der Waals surface area (Å²) < 4.78 is 5.56. The third-order valence-electron chi connectivity index (χ3n) is 3.25. The molecule has 0 saturated carbocycles. The molecule has 2 aromatic rings. The number of amides is 1. The van der Waals surface area contributed by atoms with Crippen LogP contribution in [0.3, 0.4) is 0 Å². The van der Waals surface area contributed by atoms with Crippen molar-refractivity contribution in [2.24, 2.45) is 5.92 Å². The zero-order valence-electron chi connectivity index (χ0n) is 13.8. The maximum absolute atomic E-state index is 12.3. The van der Waals surface area contributed by atoms with E-state index in [0.29, 0.717) is 29.0 Å². The molecular formula is C17H18ClN3O4. The number of anilines is 2. The van der Waals surface area contributed by atoms with E-state index < -0.39 is 10.8 Å². The minimum atomic E-state index is -0.635. The van der Waals surface area contributed by atoms with Gasteiger partial charge in [0.25, 0.3) is 11.6 Å². The quantitative estimate of drug-likeness (QED) is 0.456. The number of nitro groups is 1. The Balaban J connectivity index is 2.14. The summed E-state index contributed by atoms with van der Waals surface area (Å²) in [5, 5.41) is 13.9. The molecule has 25 heavy (non-hydrogen) atoms. The average Bonchev–Trinajstić information content (AvgIpc) is 2.54. The van der Waals surface area contributed by atoms with Gasteiger partial charge in [-0.2, -0.15) is 0 Å². The normalized spacial score (nSPS) is 10.6. The van der Waals surface area contributed by atoms with Gasteiger partial charge in [-0.25, -0.2) is 0 Å². The summed E-state index contributed by atoms with van der Waals surface area (Å²) >= 11 is 6.15. The number of rotatable bonds is 6. The smallest absolute Gasteiger partial charge is 0.292 e. The molecule has 2 aromatic carbocycles. The molecule has 2 rings (SSSR count). The highest BCUT2D eigenvalue weighted by molar-refractivity contribution is 6.32. The van der Waals surface area contributed by atoms with E-state index in [0.717, 1.165) is 6.07 Å². The molecule has 8 heteroatoms. The van der Waals surface area contributed by atoms with Crippen LogP contribution in [0.4, 0.5) is 17.1 Å². The Kier molecular flexibility index (Phi) is 5.82. The third kappa shape index (κ3) is 4.84. The SMILES string of the molecule is CC(C)COc1ccc(NC(=O)c2ccc(N)c([N+](=O)[O-])c2)cc1Cl. The number of nitrogens with zero attached hydrogens (tertiary/aromatic N) is 1. The van der Waals surface area contributed by atoms with Crippen LogP contribution in [-0.4, -0.2) is 17.4 Å². The first kappa shape index (κ1) is 18.5. The van der Waals surface area contributed by atoms with Gasteiger partial charge in [0, 0.05) is 17.3 Å². The van der Waals surface area contributed by atoms with Gasteiger partial charge in [-0.1, -0.05) is 25.4 Å². The minimum absolute atomic E-state index is 0.00347. The van der Waals surface area contributed by atoms with Crippen molar-refractivity contribution >= 4 is 34.6 Å². The molecule has 0 saturated heterocycles. The summed E-state index contributed by atoms with van der Waals surface area (Å²) in [6.07, 6.45) is 0. The second kappa shape index (κ2) is 7.85. The number of nitrogen functional groups attached to an aromatic ring is 1. The van der Waals surface area contributed by atoms with Crippen LogP contribution in [-0.2, 0) is 0 Å². The number of nitrogens with two attached hydrogens (primary N) is 1. The molecule has 0 unspecified atom stereocenters. The van der Waals surface area contributed by atoms with E-state index in [4.69, 9.17) is 22.1 Å². The van der Waals surface area contributed by atoms with Gasteiger partial charge in [0.1, 0.15) is 11.4 Å². The van der Waals surface area contributed by atoms with Gasteiger partial charge in [0.2, 0.25) is 0 Å². The highest BCUT2D eigenvalue weighted by Gasteiger charge is 2.16. The predicted octanol–water partition coefficient (Wildman–Crippen LogP) is 4.12. The second-order valence-electron chi connectivity index (χ2n) is 5.83. The Bertz CT molecular complexity index is 808. The van der Waals surface area contributed by atoms with E-state index in [1.807, 2.05) is 13.8 Å². The molecule has 0 atom stereocenters. The molecule has 0 radical (unpaired) electrons. The van der Waals surface area contributed by atoms with Crippen molar-refractivity contribution in [3.05, 3.63) is 57.1 Å². The number of carbonyl (C=O) groups is 1. The Labute approximate surface area is 149 Å². The Hall–Kier alpha value is -2.80. The van der Waals surface area contributed by atoms with Crippen LogP contribution >= 0.6 is 11.6 Å². The summed E-state index contributed by atoms with van der Waals surface area (Å²) in [5.74, 6) is 0.378. The molecular weight excluding hydrogens is 346 g/mol. The lowest BCUT2D eigenvalue weighted by atomic mass is 10.1. The van der Waals surface area contributed by atoms with Crippen LogP contribution in [0.15, 0.2) is 36.4 Å². The van der Waals surface area contributed by atoms with E-state index in [1.54, 1.807) is 18.2 Å². The van der Waals surface area contributed by atoms with Gasteiger partial charge in [-0.15, -0.1) is 0 Å². The van der Waals surface area contributed by atoms with Gasteiger partial charge in [-0.05, 0) is 36.2 Å². The van der Waals surface area contributed by atoms with E-state index in [2.05, 4.69) is 5.32 Å². The molecule has 0 aliphatic rings. The summed E-state index contributed by atoms with van der Waals surface area (Å²) in [7, 11) is 0. The number of hydrogen-bond donors (Lipinski definition) is 2. The van der Waals surface area contributed by atoms with Crippen LogP contribution in [0, 0.1) is 16.0 Å². The molecule has 7 nitrogen and oxygen atoms in total. The minimum Gasteiger partial charge on any atom is -0.492 e. The summed E-state index contributed by atoms with van der Waals surface area (Å²) in [4.78, 5) is 22.5. The van der Waals surface area contributed by atoms with Crippen molar-refractivity contribution in [2.75, 3.05) is 17.7 Å². The van der Waals surface area contributed by atoms with E-state index in [1.165, 1.54) is 12.1 Å². The Morgan fingerprint density at radius 3 is 2.64 bits per heavy atom. The van der Waals surface area contributed by atoms with Gasteiger partial charge in [-0.3, -0.25) is 14.9 Å². The maximum Gasteiger partial charge on any atom is 0.292 e. The monoisotopic (exact) mass is 363 g/mol. The van der Waals surface area contributed by atoms with Crippen LogP contribution in [0.5, 0.6) is 5.75 Å². The van der Waals surface area contributed by atoms with Crippen molar-refractivity contribution in [3.8, 4) is 5.75 Å². The zero-order chi connectivity index (χ0) is 18.6. The highest BCUT2D eigenvalue weighted by atomic mass is 35.5. The van der Waals surface area contributed by atoms with Crippen molar-refractivity contribution in [1.82, 2.24) is 0 Å². The zero-order valence-corrected chi connectivity index (χ0v) is 14.5. The van der Waals surface area contributed by atoms with Crippen molar-refractivity contribution in [1.29, 1.82) is 0 Å². The molecule has 0 aliphatic carbocycles. The highest BCUT2D eigenvalue weighted by Crippen LogP contribution is 2.29. The number of ether oxygens (including phenoxy) is 1. The van der Waals surface area contributed by atoms with E-state index in [9.17, 15) is 14.9 Å². The van der Waals surface area contributed by atoms with Crippen LogP contribution in [0.1, 0.15) is 24.2 Å². The van der Waals surface area contributed by atoms with E-state index in [-0.39, 0.29) is 16.9 Å². The Morgan fingerprint density at radius 1 is 1.32 bits per heavy atom. The van der Waals surface area contributed by atoms with Gasteiger partial charge in [0.15, 0.2) is 0 Å². The second-order valence-corrected chi connectivity index (χ2v) is 6.24. The fourth-order valence-corrected chi connectivity index (χ4v) is 2.23. The van der Waals surface area contributed by atoms with Crippen LogP contribution in [0.2, 0.25) is 5.02 Å². The topological polar surface area (TPSA) is 107 Å². The summed E-state index contributed by atoms with van der Waals surface area (Å²) in [6, 6.07) is 8.73. The molecule has 0 aromatic heterocycles. The third-order valence-corrected chi connectivity index (χ3v) is 3.55. The van der Waals surface area contributed by atoms with Crippen molar-refractivity contribution in [2.45, 2.75) is 13.8 Å². The average molecular weight is 364 g/mol. The molecule has 0 heterocycles. The number of nitro benzene ring substituents is 1. The number of hydrogen-bond acceptors (Lipinski definition) is 5. The lowest BCUT2D eigenvalue weighted by Gasteiger charge is -2.12. The molecule has 132 valence electrons. The molecule has 0 spiro atoms. The fourth-order valence-electron chi connectivity index (χ4n) is 2.00. The Morgan fingerprint density at radius 2 is 2.04 bits per heavy atom. The number of halogens is 1. The first-order valence-corrected chi connectivity index (χ1v) is 7.93. The lowest BCUT2D eigenvalue weighted by molar-refractivity contribution is -0.383. The first-order chi connectivity index (χ1) is 11.8. The van der Waals surface area contributed by atoms with Gasteiger partial charge >= 0.3 is 0 Å². The number of carbonyl (C=O) groups excluding carboxylic acids is 1. The molecule has 0 bridgehead atoms. The number of nitrogens with one attached hydrogen (secondary N) is 1. The van der Waals surface area contributed by atoms with Crippen LogP contribution in [0.25, 0.3) is 0 Å². The molecule has 1 amide bonds. The first-order valence-electron chi connectivity index (χ1n) is 7.55. The van der Waals surface area contributed by atoms with E-state index >= 15 is 0 Å².